The highest BCUT2D eigenvalue weighted by atomic mass is 35.5. The molecule has 0 radical (unpaired) electrons. The van der Waals surface area contributed by atoms with Crippen molar-refractivity contribution in [2.24, 2.45) is 0 Å². The van der Waals surface area contributed by atoms with Crippen molar-refractivity contribution < 1.29 is 19.0 Å². The summed E-state index contributed by atoms with van der Waals surface area (Å²) in [5.41, 5.74) is 1.44. The van der Waals surface area contributed by atoms with Crippen LogP contribution in [-0.2, 0) is 16.1 Å². The maximum atomic E-state index is 12.9. The SMILES string of the molecule is C[Si](C)(C)CCOCOc1ccc(Cl)c(Cl)c1C1CC(=O)N(c2cnn3c2OCCC3)C1. The third-order valence-electron chi connectivity index (χ3n) is 5.74. The fraction of sp³-hybridized carbons (Fsp3) is 0.545. The van der Waals surface area contributed by atoms with Crippen molar-refractivity contribution >= 4 is 42.9 Å². The Hall–Kier alpha value is -1.74. The monoisotopic (exact) mass is 497 g/mol. The van der Waals surface area contributed by atoms with E-state index in [1.807, 2.05) is 0 Å². The molecule has 2 aliphatic heterocycles. The molecule has 1 unspecified atom stereocenters. The highest BCUT2D eigenvalue weighted by molar-refractivity contribution is 6.76. The summed E-state index contributed by atoms with van der Waals surface area (Å²) in [4.78, 5) is 14.7. The van der Waals surface area contributed by atoms with Crippen LogP contribution >= 0.6 is 23.2 Å². The lowest BCUT2D eigenvalue weighted by Crippen LogP contribution is -2.25. The van der Waals surface area contributed by atoms with E-state index < -0.39 is 8.07 Å². The Morgan fingerprint density at radius 1 is 1.28 bits per heavy atom. The van der Waals surface area contributed by atoms with Crippen LogP contribution in [0.4, 0.5) is 5.69 Å². The minimum absolute atomic E-state index is 0.00616. The molecule has 0 bridgehead atoms. The number of aryl methyl sites for hydroxylation is 1. The lowest BCUT2D eigenvalue weighted by Gasteiger charge is -2.22. The third kappa shape index (κ3) is 5.08. The second kappa shape index (κ2) is 9.63. The molecule has 7 nitrogen and oxygen atoms in total. The molecule has 1 saturated heterocycles. The molecule has 4 rings (SSSR count). The van der Waals surface area contributed by atoms with Crippen molar-refractivity contribution in [3.05, 3.63) is 33.9 Å². The largest absolute Gasteiger partial charge is 0.476 e. The summed E-state index contributed by atoms with van der Waals surface area (Å²) in [6.07, 6.45) is 2.91. The highest BCUT2D eigenvalue weighted by Gasteiger charge is 2.37. The van der Waals surface area contributed by atoms with Crippen LogP contribution in [0.5, 0.6) is 11.6 Å². The molecular formula is C22H29Cl2N3O4Si. The van der Waals surface area contributed by atoms with E-state index in [0.29, 0.717) is 53.5 Å². The molecule has 174 valence electrons. The van der Waals surface area contributed by atoms with E-state index in [-0.39, 0.29) is 18.6 Å². The van der Waals surface area contributed by atoms with Crippen LogP contribution in [0.15, 0.2) is 18.3 Å². The first-order chi connectivity index (χ1) is 15.2. The number of anilines is 1. The topological polar surface area (TPSA) is 65.8 Å². The number of amides is 1. The molecule has 1 fully saturated rings. The van der Waals surface area contributed by atoms with Gasteiger partial charge in [-0.1, -0.05) is 42.8 Å². The number of fused-ring (bicyclic) bond motifs is 1. The van der Waals surface area contributed by atoms with Crippen molar-refractivity contribution in [1.82, 2.24) is 9.78 Å². The van der Waals surface area contributed by atoms with Gasteiger partial charge in [-0.15, -0.1) is 0 Å². The molecule has 0 aliphatic carbocycles. The number of aromatic nitrogens is 2. The molecule has 1 atom stereocenters. The minimum Gasteiger partial charge on any atom is -0.476 e. The molecule has 2 aromatic rings. The molecular weight excluding hydrogens is 469 g/mol. The number of hydrogen-bond donors (Lipinski definition) is 0. The number of carbonyl (C=O) groups excluding carboxylic acids is 1. The molecule has 32 heavy (non-hydrogen) atoms. The molecule has 2 aliphatic rings. The first-order valence-corrected chi connectivity index (χ1v) is 15.4. The first-order valence-electron chi connectivity index (χ1n) is 10.9. The van der Waals surface area contributed by atoms with Gasteiger partial charge in [-0.2, -0.15) is 5.10 Å². The fourth-order valence-electron chi connectivity index (χ4n) is 3.97. The maximum absolute atomic E-state index is 12.9. The van der Waals surface area contributed by atoms with Crippen LogP contribution in [-0.4, -0.2) is 50.3 Å². The van der Waals surface area contributed by atoms with Gasteiger partial charge in [0.1, 0.15) is 11.4 Å². The van der Waals surface area contributed by atoms with Crippen LogP contribution in [0.1, 0.15) is 24.3 Å². The summed E-state index contributed by atoms with van der Waals surface area (Å²) in [6, 6.07) is 4.57. The van der Waals surface area contributed by atoms with E-state index in [9.17, 15) is 4.79 Å². The molecule has 0 saturated carbocycles. The molecule has 0 N–H and O–H groups in total. The Morgan fingerprint density at radius 3 is 2.88 bits per heavy atom. The average Bonchev–Trinajstić information content (AvgIpc) is 3.32. The summed E-state index contributed by atoms with van der Waals surface area (Å²) in [5.74, 6) is 1.08. The van der Waals surface area contributed by atoms with Gasteiger partial charge in [-0.05, 0) is 18.2 Å². The Balaban J connectivity index is 1.50. The number of carbonyl (C=O) groups is 1. The average molecular weight is 498 g/mol. The van der Waals surface area contributed by atoms with Gasteiger partial charge in [0.25, 0.3) is 0 Å². The number of hydrogen-bond acceptors (Lipinski definition) is 5. The van der Waals surface area contributed by atoms with Crippen molar-refractivity contribution in [3.8, 4) is 11.6 Å². The Labute approximate surface area is 199 Å². The molecule has 0 spiro atoms. The molecule has 1 amide bonds. The van der Waals surface area contributed by atoms with Crippen LogP contribution in [0, 0.1) is 0 Å². The van der Waals surface area contributed by atoms with Crippen molar-refractivity contribution in [2.45, 2.75) is 51.0 Å². The quantitative estimate of drug-likeness (QED) is 0.285. The second-order valence-corrected chi connectivity index (χ2v) is 15.8. The normalized spacial score (nSPS) is 18.6. The Bertz CT molecular complexity index is 992. The van der Waals surface area contributed by atoms with Crippen molar-refractivity contribution in [3.63, 3.8) is 0 Å². The van der Waals surface area contributed by atoms with E-state index in [1.54, 1.807) is 27.9 Å². The zero-order valence-electron chi connectivity index (χ0n) is 18.7. The highest BCUT2D eigenvalue weighted by Crippen LogP contribution is 2.44. The molecule has 10 heteroatoms. The van der Waals surface area contributed by atoms with Gasteiger partial charge in [-0.3, -0.25) is 4.79 Å². The van der Waals surface area contributed by atoms with Gasteiger partial charge in [0, 0.05) is 52.1 Å². The smallest absolute Gasteiger partial charge is 0.236 e. The lowest BCUT2D eigenvalue weighted by molar-refractivity contribution is -0.117. The minimum atomic E-state index is -1.17. The van der Waals surface area contributed by atoms with Crippen LogP contribution in [0.2, 0.25) is 35.7 Å². The molecule has 3 heterocycles. The van der Waals surface area contributed by atoms with Crippen molar-refractivity contribution in [1.29, 1.82) is 0 Å². The second-order valence-electron chi connectivity index (χ2n) is 9.42. The number of nitrogens with zero attached hydrogens (tertiary/aromatic N) is 3. The van der Waals surface area contributed by atoms with Crippen LogP contribution in [0.3, 0.4) is 0 Å². The van der Waals surface area contributed by atoms with Crippen LogP contribution in [0.25, 0.3) is 0 Å². The van der Waals surface area contributed by atoms with Crippen LogP contribution < -0.4 is 14.4 Å². The predicted molar refractivity (Wildman–Crippen MR) is 128 cm³/mol. The van der Waals surface area contributed by atoms with E-state index in [1.165, 1.54) is 0 Å². The van der Waals surface area contributed by atoms with E-state index in [4.69, 9.17) is 37.4 Å². The standard InChI is InChI=1S/C22H29Cl2N3O4Si/c1-32(2,3)10-9-29-14-31-18-6-5-16(23)21(24)20(18)15-11-19(28)26(13-15)17-12-25-27-7-4-8-30-22(17)27/h5-6,12,15H,4,7-11,13-14H2,1-3H3. The van der Waals surface area contributed by atoms with E-state index in [0.717, 1.165) is 24.6 Å². The lowest BCUT2D eigenvalue weighted by atomic mass is 9.97. The fourth-order valence-corrected chi connectivity index (χ4v) is 5.20. The van der Waals surface area contributed by atoms with Gasteiger partial charge in [0.05, 0.1) is 22.8 Å². The van der Waals surface area contributed by atoms with Crippen molar-refractivity contribution in [2.75, 3.05) is 31.5 Å². The van der Waals surface area contributed by atoms with Gasteiger partial charge in [-0.25, -0.2) is 4.68 Å². The zero-order valence-corrected chi connectivity index (χ0v) is 21.2. The Kier molecular flexibility index (Phi) is 7.05. The number of halogens is 2. The number of ether oxygens (including phenoxy) is 3. The third-order valence-corrected chi connectivity index (χ3v) is 8.26. The summed E-state index contributed by atoms with van der Waals surface area (Å²) in [7, 11) is -1.17. The summed E-state index contributed by atoms with van der Waals surface area (Å²) < 4.78 is 19.2. The Morgan fingerprint density at radius 2 is 2.09 bits per heavy atom. The molecule has 1 aromatic heterocycles. The zero-order chi connectivity index (χ0) is 22.9. The maximum Gasteiger partial charge on any atom is 0.236 e. The van der Waals surface area contributed by atoms with Gasteiger partial charge < -0.3 is 19.1 Å². The van der Waals surface area contributed by atoms with Gasteiger partial charge >= 0.3 is 0 Å². The summed E-state index contributed by atoms with van der Waals surface area (Å²) >= 11 is 12.9. The predicted octanol–water partition coefficient (Wildman–Crippen LogP) is 5.18. The first kappa shape index (κ1) is 23.4. The van der Waals surface area contributed by atoms with E-state index in [2.05, 4.69) is 24.7 Å². The van der Waals surface area contributed by atoms with E-state index >= 15 is 0 Å². The summed E-state index contributed by atoms with van der Waals surface area (Å²) in [6.45, 7) is 9.57. The van der Waals surface area contributed by atoms with Gasteiger partial charge in [0.15, 0.2) is 6.79 Å². The number of benzene rings is 1. The van der Waals surface area contributed by atoms with Gasteiger partial charge in [0.2, 0.25) is 11.8 Å². The summed E-state index contributed by atoms with van der Waals surface area (Å²) in [5, 5.41) is 5.22. The molecule has 1 aromatic carbocycles. The number of rotatable bonds is 8.